The summed E-state index contributed by atoms with van der Waals surface area (Å²) in [6, 6.07) is 6.52. The fraction of sp³-hybridized carbons (Fsp3) is 0.412. The Bertz CT molecular complexity index is 739. The topological polar surface area (TPSA) is 106 Å². The van der Waals surface area contributed by atoms with Crippen LogP contribution in [0.3, 0.4) is 0 Å². The molecule has 0 saturated heterocycles. The lowest BCUT2D eigenvalue weighted by atomic mass is 10.1. The molecule has 0 fully saturated rings. The van der Waals surface area contributed by atoms with E-state index in [1.165, 1.54) is 6.07 Å². The van der Waals surface area contributed by atoms with Crippen molar-refractivity contribution in [3.05, 3.63) is 57.0 Å². The van der Waals surface area contributed by atoms with Gasteiger partial charge in [-0.1, -0.05) is 31.1 Å². The zero-order valence-electron chi connectivity index (χ0n) is 15.1. The van der Waals surface area contributed by atoms with Gasteiger partial charge in [-0.3, -0.25) is 15.1 Å². The van der Waals surface area contributed by atoms with Gasteiger partial charge < -0.3 is 15.2 Å². The van der Waals surface area contributed by atoms with Gasteiger partial charge in [-0.25, -0.2) is 0 Å². The van der Waals surface area contributed by atoms with Crippen LogP contribution in [-0.2, 0) is 25.9 Å². The van der Waals surface area contributed by atoms with Crippen LogP contribution in [0.5, 0.6) is 0 Å². The number of aromatic nitrogens is 1. The molecule has 8 nitrogen and oxygen atoms in total. The molecular formula is C17H24IN5O3. The number of nitrogens with zero attached hydrogens (tertiary/aromatic N) is 3. The van der Waals surface area contributed by atoms with Crippen LogP contribution in [0.2, 0.25) is 0 Å². The number of benzene rings is 1. The van der Waals surface area contributed by atoms with Crippen LogP contribution in [0.15, 0.2) is 33.8 Å². The predicted molar refractivity (Wildman–Crippen MR) is 111 cm³/mol. The first kappa shape index (κ1) is 21.9. The number of aryl methyl sites for hydroxylation is 2. The minimum absolute atomic E-state index is 0. The molecule has 2 N–H and O–H groups in total. The molecule has 0 radical (unpaired) electrons. The number of aliphatic imine (C=N–C) groups is 1. The summed E-state index contributed by atoms with van der Waals surface area (Å²) in [5.41, 5.74) is 2.89. The highest BCUT2D eigenvalue weighted by Gasteiger charge is 2.13. The van der Waals surface area contributed by atoms with Gasteiger partial charge in [0.2, 0.25) is 0 Å². The van der Waals surface area contributed by atoms with Gasteiger partial charge in [0.05, 0.1) is 10.6 Å². The van der Waals surface area contributed by atoms with Gasteiger partial charge in [0.15, 0.2) is 5.96 Å². The maximum atomic E-state index is 10.8. The van der Waals surface area contributed by atoms with Gasteiger partial charge in [-0.2, -0.15) is 0 Å². The van der Waals surface area contributed by atoms with Crippen LogP contribution >= 0.6 is 24.0 Å². The first-order valence-electron chi connectivity index (χ1n) is 8.23. The molecule has 0 unspecified atom stereocenters. The van der Waals surface area contributed by atoms with E-state index in [-0.39, 0.29) is 29.7 Å². The average Bonchev–Trinajstić information content (AvgIpc) is 3.04. The van der Waals surface area contributed by atoms with Gasteiger partial charge in [0.1, 0.15) is 5.76 Å². The van der Waals surface area contributed by atoms with E-state index in [1.54, 1.807) is 19.2 Å². The lowest BCUT2D eigenvalue weighted by Gasteiger charge is -2.12. The van der Waals surface area contributed by atoms with Gasteiger partial charge in [-0.15, -0.1) is 24.0 Å². The van der Waals surface area contributed by atoms with Crippen LogP contribution < -0.4 is 10.6 Å². The van der Waals surface area contributed by atoms with Crippen LogP contribution in [0.1, 0.15) is 36.4 Å². The second-order valence-corrected chi connectivity index (χ2v) is 5.44. The summed E-state index contributed by atoms with van der Waals surface area (Å²) >= 11 is 0. The van der Waals surface area contributed by atoms with E-state index >= 15 is 0 Å². The molecule has 0 saturated carbocycles. The number of guanidine groups is 1. The highest BCUT2D eigenvalue weighted by atomic mass is 127. The Morgan fingerprint density at radius 1 is 1.27 bits per heavy atom. The molecule has 142 valence electrons. The van der Waals surface area contributed by atoms with Gasteiger partial charge in [0, 0.05) is 44.3 Å². The van der Waals surface area contributed by atoms with E-state index in [1.807, 2.05) is 19.9 Å². The summed E-state index contributed by atoms with van der Waals surface area (Å²) in [4.78, 5) is 14.6. The van der Waals surface area contributed by atoms with E-state index < -0.39 is 4.92 Å². The quantitative estimate of drug-likeness (QED) is 0.210. The predicted octanol–water partition coefficient (Wildman–Crippen LogP) is 3.19. The van der Waals surface area contributed by atoms with Crippen molar-refractivity contribution in [2.24, 2.45) is 4.99 Å². The Kier molecular flexibility index (Phi) is 9.03. The lowest BCUT2D eigenvalue weighted by molar-refractivity contribution is -0.384. The summed E-state index contributed by atoms with van der Waals surface area (Å²) in [5.74, 6) is 1.48. The summed E-state index contributed by atoms with van der Waals surface area (Å²) in [6.45, 7) is 5.06. The second kappa shape index (κ2) is 10.7. The van der Waals surface area contributed by atoms with Crippen molar-refractivity contribution in [3.63, 3.8) is 0 Å². The third-order valence-electron chi connectivity index (χ3n) is 3.84. The van der Waals surface area contributed by atoms with Crippen molar-refractivity contribution >= 4 is 35.6 Å². The van der Waals surface area contributed by atoms with Crippen molar-refractivity contribution < 1.29 is 9.45 Å². The smallest absolute Gasteiger partial charge is 0.269 e. The van der Waals surface area contributed by atoms with Crippen molar-refractivity contribution in [1.82, 2.24) is 15.8 Å². The third kappa shape index (κ3) is 5.68. The molecule has 0 amide bonds. The first-order valence-corrected chi connectivity index (χ1v) is 8.23. The number of non-ortho nitro benzene ring substituents is 1. The van der Waals surface area contributed by atoms with Crippen LogP contribution in [-0.4, -0.2) is 23.1 Å². The minimum atomic E-state index is -0.402. The molecule has 9 heteroatoms. The molecular weight excluding hydrogens is 449 g/mol. The van der Waals surface area contributed by atoms with Crippen molar-refractivity contribution in [3.8, 4) is 0 Å². The standard InChI is InChI=1S/C17H23N5O3.HI/c1-4-15-14(16(5-2)25-21-15)11-20-17(18-3)19-10-12-7-6-8-13(9-12)22(23)24;/h6-9H,4-5,10-11H2,1-3H3,(H2,18,19,20);1H. The number of nitrogens with one attached hydrogen (secondary N) is 2. The molecule has 0 aliphatic heterocycles. The molecule has 0 atom stereocenters. The Labute approximate surface area is 169 Å². The largest absolute Gasteiger partial charge is 0.361 e. The van der Waals surface area contributed by atoms with Crippen LogP contribution in [0, 0.1) is 10.1 Å². The number of nitro groups is 1. The SMILES string of the molecule is CCc1noc(CC)c1CNC(=NC)NCc1cccc([N+](=O)[O-])c1.I. The Morgan fingerprint density at radius 2 is 2.00 bits per heavy atom. The highest BCUT2D eigenvalue weighted by molar-refractivity contribution is 14.0. The normalized spacial score (nSPS) is 11.0. The lowest BCUT2D eigenvalue weighted by Crippen LogP contribution is -2.36. The Morgan fingerprint density at radius 3 is 2.62 bits per heavy atom. The summed E-state index contributed by atoms with van der Waals surface area (Å²) in [6.07, 6.45) is 1.59. The Balaban J connectivity index is 0.00000338. The van der Waals surface area contributed by atoms with Gasteiger partial charge >= 0.3 is 0 Å². The highest BCUT2D eigenvalue weighted by Crippen LogP contribution is 2.15. The van der Waals surface area contributed by atoms with E-state index in [2.05, 4.69) is 20.8 Å². The molecule has 0 bridgehead atoms. The maximum absolute atomic E-state index is 10.8. The number of rotatable bonds is 7. The number of hydrogen-bond acceptors (Lipinski definition) is 5. The first-order chi connectivity index (χ1) is 12.1. The maximum Gasteiger partial charge on any atom is 0.269 e. The molecule has 1 heterocycles. The second-order valence-electron chi connectivity index (χ2n) is 5.44. The van der Waals surface area contributed by atoms with Crippen molar-refractivity contribution in [2.45, 2.75) is 39.8 Å². The van der Waals surface area contributed by atoms with Crippen LogP contribution in [0.25, 0.3) is 0 Å². The monoisotopic (exact) mass is 473 g/mol. The fourth-order valence-electron chi connectivity index (χ4n) is 2.50. The summed E-state index contributed by atoms with van der Waals surface area (Å²) in [5, 5.41) is 21.3. The minimum Gasteiger partial charge on any atom is -0.361 e. The zero-order chi connectivity index (χ0) is 18.2. The molecule has 2 rings (SSSR count). The fourth-order valence-corrected chi connectivity index (χ4v) is 2.50. The van der Waals surface area contributed by atoms with Gasteiger partial charge in [-0.05, 0) is 12.0 Å². The van der Waals surface area contributed by atoms with E-state index in [4.69, 9.17) is 4.52 Å². The molecule has 0 spiro atoms. The summed E-state index contributed by atoms with van der Waals surface area (Å²) < 4.78 is 5.35. The average molecular weight is 473 g/mol. The van der Waals surface area contributed by atoms with E-state index in [0.717, 1.165) is 35.4 Å². The number of nitro benzene ring substituents is 1. The number of hydrogen-bond donors (Lipinski definition) is 2. The molecule has 1 aromatic heterocycles. The molecule has 0 aliphatic rings. The molecule has 2 aromatic rings. The van der Waals surface area contributed by atoms with Crippen LogP contribution in [0.4, 0.5) is 5.69 Å². The third-order valence-corrected chi connectivity index (χ3v) is 3.84. The molecule has 1 aromatic carbocycles. The Hall–Kier alpha value is -2.17. The molecule has 0 aliphatic carbocycles. The zero-order valence-corrected chi connectivity index (χ0v) is 17.4. The van der Waals surface area contributed by atoms with Gasteiger partial charge in [0.25, 0.3) is 5.69 Å². The van der Waals surface area contributed by atoms with Crippen molar-refractivity contribution in [1.29, 1.82) is 0 Å². The van der Waals surface area contributed by atoms with Crippen molar-refractivity contribution in [2.75, 3.05) is 7.05 Å². The summed E-state index contributed by atoms with van der Waals surface area (Å²) in [7, 11) is 1.68. The van der Waals surface area contributed by atoms with E-state index in [0.29, 0.717) is 19.0 Å². The molecule has 26 heavy (non-hydrogen) atoms. The number of halogens is 1. The van der Waals surface area contributed by atoms with E-state index in [9.17, 15) is 10.1 Å².